The van der Waals surface area contributed by atoms with Crippen molar-refractivity contribution in [3.63, 3.8) is 0 Å². The van der Waals surface area contributed by atoms with Gasteiger partial charge in [-0.05, 0) is 38.3 Å². The van der Waals surface area contributed by atoms with E-state index in [2.05, 4.69) is 10.2 Å². The number of nitrogens with zero attached hydrogens (tertiary/aromatic N) is 1. The van der Waals surface area contributed by atoms with Gasteiger partial charge in [-0.15, -0.1) is 0 Å². The van der Waals surface area contributed by atoms with Crippen LogP contribution in [0.1, 0.15) is 26.2 Å². The second kappa shape index (κ2) is 5.29. The molecule has 1 aliphatic heterocycles. The van der Waals surface area contributed by atoms with Crippen LogP contribution in [-0.4, -0.2) is 36.7 Å². The van der Waals surface area contributed by atoms with Crippen LogP contribution in [0.15, 0.2) is 18.2 Å². The fraction of sp³-hybridized carbons (Fsp3) is 0.600. The number of anilines is 2. The van der Waals surface area contributed by atoms with Crippen LogP contribution >= 0.6 is 0 Å². The zero-order valence-electron chi connectivity index (χ0n) is 11.6. The minimum absolute atomic E-state index is 0.514. The molecule has 1 saturated heterocycles. The Balaban J connectivity index is 1.64. The van der Waals surface area contributed by atoms with Crippen LogP contribution in [0.3, 0.4) is 0 Å². The summed E-state index contributed by atoms with van der Waals surface area (Å²) in [5.74, 6) is 0.782. The zero-order chi connectivity index (χ0) is 13.2. The third kappa shape index (κ3) is 2.78. The van der Waals surface area contributed by atoms with Crippen LogP contribution in [-0.2, 0) is 0 Å². The summed E-state index contributed by atoms with van der Waals surface area (Å²) >= 11 is 0. The van der Waals surface area contributed by atoms with E-state index in [1.807, 2.05) is 25.1 Å². The van der Waals surface area contributed by atoms with Gasteiger partial charge >= 0.3 is 0 Å². The van der Waals surface area contributed by atoms with E-state index in [9.17, 15) is 0 Å². The largest absolute Gasteiger partial charge is 0.492 e. The number of likely N-dealkylation sites (tertiary alicyclic amines) is 1. The topological polar surface area (TPSA) is 50.5 Å². The molecule has 4 nitrogen and oxygen atoms in total. The van der Waals surface area contributed by atoms with Gasteiger partial charge in [-0.2, -0.15) is 0 Å². The molecule has 0 aromatic heterocycles. The predicted molar refractivity (Wildman–Crippen MR) is 78.6 cm³/mol. The minimum atomic E-state index is 0.514. The molecule has 0 amide bonds. The van der Waals surface area contributed by atoms with Crippen molar-refractivity contribution in [2.75, 3.05) is 30.7 Å². The molecule has 2 aliphatic rings. The van der Waals surface area contributed by atoms with Crippen LogP contribution in [0.2, 0.25) is 0 Å². The summed E-state index contributed by atoms with van der Waals surface area (Å²) in [6.07, 6.45) is 3.97. The molecule has 1 aromatic carbocycles. The molecule has 3 rings (SSSR count). The Labute approximate surface area is 114 Å². The van der Waals surface area contributed by atoms with Gasteiger partial charge in [0.1, 0.15) is 5.75 Å². The highest BCUT2D eigenvalue weighted by Crippen LogP contribution is 2.33. The number of ether oxygens (including phenoxy) is 1. The molecule has 3 N–H and O–H groups in total. The number of benzene rings is 1. The average Bonchev–Trinajstić information content (AvgIpc) is 3.15. The van der Waals surface area contributed by atoms with Crippen molar-refractivity contribution in [2.24, 2.45) is 0 Å². The molecule has 1 heterocycles. The third-order valence-corrected chi connectivity index (χ3v) is 4.01. The number of para-hydroxylation sites is 1. The van der Waals surface area contributed by atoms with Gasteiger partial charge in [-0.1, -0.05) is 6.07 Å². The first-order chi connectivity index (χ1) is 9.28. The van der Waals surface area contributed by atoms with Crippen molar-refractivity contribution in [2.45, 2.75) is 38.3 Å². The molecular formula is C15H23N3O. The molecule has 0 spiro atoms. The fourth-order valence-corrected chi connectivity index (χ4v) is 2.85. The van der Waals surface area contributed by atoms with Crippen LogP contribution in [0.5, 0.6) is 5.75 Å². The number of hydrogen-bond donors (Lipinski definition) is 2. The van der Waals surface area contributed by atoms with Crippen molar-refractivity contribution in [3.8, 4) is 5.75 Å². The van der Waals surface area contributed by atoms with E-state index < -0.39 is 0 Å². The number of nitrogens with one attached hydrogen (secondary N) is 1. The van der Waals surface area contributed by atoms with Gasteiger partial charge < -0.3 is 15.8 Å². The smallest absolute Gasteiger partial charge is 0.144 e. The molecule has 0 radical (unpaired) electrons. The summed E-state index contributed by atoms with van der Waals surface area (Å²) in [5.41, 5.74) is 7.89. The van der Waals surface area contributed by atoms with Gasteiger partial charge in [0, 0.05) is 25.2 Å². The highest BCUT2D eigenvalue weighted by atomic mass is 16.5. The van der Waals surface area contributed by atoms with Crippen LogP contribution < -0.4 is 15.8 Å². The molecule has 2 fully saturated rings. The second-order valence-corrected chi connectivity index (χ2v) is 5.51. The second-order valence-electron chi connectivity index (χ2n) is 5.51. The maximum atomic E-state index is 6.15. The van der Waals surface area contributed by atoms with E-state index in [0.29, 0.717) is 12.6 Å². The Morgan fingerprint density at radius 3 is 2.95 bits per heavy atom. The summed E-state index contributed by atoms with van der Waals surface area (Å²) in [4.78, 5) is 2.60. The van der Waals surface area contributed by atoms with Gasteiger partial charge in [-0.25, -0.2) is 0 Å². The summed E-state index contributed by atoms with van der Waals surface area (Å²) in [5, 5.41) is 3.57. The van der Waals surface area contributed by atoms with Crippen molar-refractivity contribution in [1.82, 2.24) is 4.90 Å². The Morgan fingerprint density at radius 2 is 2.21 bits per heavy atom. The molecule has 4 heteroatoms. The lowest BCUT2D eigenvalue weighted by Crippen LogP contribution is -2.28. The molecule has 1 atom stereocenters. The standard InChI is InChI=1S/C15H23N3O/c1-2-19-14-5-3-4-13(15(14)16)17-11-8-9-18(10-11)12-6-7-12/h3-5,11-12,17H,2,6-10,16H2,1H3. The summed E-state index contributed by atoms with van der Waals surface area (Å²) in [6, 6.07) is 7.34. The molecule has 104 valence electrons. The fourth-order valence-electron chi connectivity index (χ4n) is 2.85. The molecule has 1 saturated carbocycles. The maximum Gasteiger partial charge on any atom is 0.144 e. The van der Waals surface area contributed by atoms with Gasteiger partial charge in [0.05, 0.1) is 18.0 Å². The highest BCUT2D eigenvalue weighted by Gasteiger charge is 2.34. The number of rotatable bonds is 5. The molecule has 1 unspecified atom stereocenters. The molecule has 1 aliphatic carbocycles. The average molecular weight is 261 g/mol. The zero-order valence-corrected chi connectivity index (χ0v) is 11.6. The van der Waals surface area contributed by atoms with Crippen molar-refractivity contribution in [1.29, 1.82) is 0 Å². The van der Waals surface area contributed by atoms with Gasteiger partial charge in [0.15, 0.2) is 0 Å². The Bertz CT molecular complexity index is 445. The highest BCUT2D eigenvalue weighted by molar-refractivity contribution is 5.73. The van der Waals surface area contributed by atoms with E-state index >= 15 is 0 Å². The van der Waals surface area contributed by atoms with E-state index in [0.717, 1.165) is 29.7 Å². The van der Waals surface area contributed by atoms with Crippen LogP contribution in [0, 0.1) is 0 Å². The first-order valence-electron chi connectivity index (χ1n) is 7.29. The van der Waals surface area contributed by atoms with Gasteiger partial charge in [0.25, 0.3) is 0 Å². The summed E-state index contributed by atoms with van der Waals surface area (Å²) < 4.78 is 5.54. The van der Waals surface area contributed by atoms with Gasteiger partial charge in [-0.3, -0.25) is 4.90 Å². The lowest BCUT2D eigenvalue weighted by atomic mass is 10.2. The predicted octanol–water partition coefficient (Wildman–Crippen LogP) is 2.32. The van der Waals surface area contributed by atoms with Crippen molar-refractivity contribution < 1.29 is 4.74 Å². The number of hydrogen-bond acceptors (Lipinski definition) is 4. The normalized spacial score (nSPS) is 23.5. The number of nitrogen functional groups attached to an aromatic ring is 1. The van der Waals surface area contributed by atoms with Gasteiger partial charge in [0.2, 0.25) is 0 Å². The monoisotopic (exact) mass is 261 g/mol. The van der Waals surface area contributed by atoms with E-state index in [4.69, 9.17) is 10.5 Å². The Morgan fingerprint density at radius 1 is 1.37 bits per heavy atom. The minimum Gasteiger partial charge on any atom is -0.492 e. The number of nitrogens with two attached hydrogens (primary N) is 1. The summed E-state index contributed by atoms with van der Waals surface area (Å²) in [6.45, 7) is 4.98. The Hall–Kier alpha value is -1.42. The molecule has 19 heavy (non-hydrogen) atoms. The van der Waals surface area contributed by atoms with Crippen molar-refractivity contribution >= 4 is 11.4 Å². The SMILES string of the molecule is CCOc1cccc(NC2CCN(C3CC3)C2)c1N. The van der Waals surface area contributed by atoms with E-state index in [-0.39, 0.29) is 0 Å². The Kier molecular flexibility index (Phi) is 3.51. The quantitative estimate of drug-likeness (QED) is 0.799. The van der Waals surface area contributed by atoms with Crippen molar-refractivity contribution in [3.05, 3.63) is 18.2 Å². The third-order valence-electron chi connectivity index (χ3n) is 4.01. The maximum absolute atomic E-state index is 6.15. The van der Waals surface area contributed by atoms with Crippen LogP contribution in [0.4, 0.5) is 11.4 Å². The lowest BCUT2D eigenvalue weighted by molar-refractivity contribution is 0.326. The lowest BCUT2D eigenvalue weighted by Gasteiger charge is -2.19. The van der Waals surface area contributed by atoms with E-state index in [1.165, 1.54) is 25.8 Å². The first-order valence-corrected chi connectivity index (χ1v) is 7.29. The molecule has 0 bridgehead atoms. The first kappa shape index (κ1) is 12.6. The summed E-state index contributed by atoms with van der Waals surface area (Å²) in [7, 11) is 0. The molecular weight excluding hydrogens is 238 g/mol. The van der Waals surface area contributed by atoms with E-state index in [1.54, 1.807) is 0 Å². The molecule has 1 aromatic rings. The van der Waals surface area contributed by atoms with Crippen LogP contribution in [0.25, 0.3) is 0 Å².